The van der Waals surface area contributed by atoms with Crippen molar-refractivity contribution in [2.75, 3.05) is 13.7 Å². The third kappa shape index (κ3) is 0.952. The summed E-state index contributed by atoms with van der Waals surface area (Å²) in [7, 11) is 1.65. The molecule has 3 heteroatoms. The number of methoxy groups -OCH3 is 1. The molecule has 3 nitrogen and oxygen atoms in total. The molecule has 1 heterocycles. The van der Waals surface area contributed by atoms with E-state index in [9.17, 15) is 0 Å². The molecule has 0 aliphatic carbocycles. The van der Waals surface area contributed by atoms with Crippen LogP contribution in [-0.2, 0) is 4.74 Å². The SMILES string of the molecule is COC1(C)CCCN1C#N. The molecule has 0 saturated carbocycles. The van der Waals surface area contributed by atoms with Gasteiger partial charge in [0.1, 0.15) is 5.72 Å². The van der Waals surface area contributed by atoms with Crippen molar-refractivity contribution in [1.82, 2.24) is 4.90 Å². The summed E-state index contributed by atoms with van der Waals surface area (Å²) < 4.78 is 5.21. The van der Waals surface area contributed by atoms with Crippen LogP contribution in [0.2, 0.25) is 0 Å². The normalized spacial score (nSPS) is 32.3. The molecular weight excluding hydrogens is 128 g/mol. The summed E-state index contributed by atoms with van der Waals surface area (Å²) in [5.74, 6) is 0. The van der Waals surface area contributed by atoms with Gasteiger partial charge >= 0.3 is 0 Å². The number of likely N-dealkylation sites (tertiary alicyclic amines) is 1. The molecule has 1 rings (SSSR count). The zero-order valence-electron chi connectivity index (χ0n) is 6.42. The second-order valence-electron chi connectivity index (χ2n) is 2.73. The van der Waals surface area contributed by atoms with Gasteiger partial charge in [-0.15, -0.1) is 0 Å². The van der Waals surface area contributed by atoms with E-state index < -0.39 is 0 Å². The highest BCUT2D eigenvalue weighted by atomic mass is 16.5. The molecule has 0 N–H and O–H groups in total. The molecule has 1 atom stereocenters. The summed E-state index contributed by atoms with van der Waals surface area (Å²) in [6.07, 6.45) is 4.12. The minimum Gasteiger partial charge on any atom is -0.359 e. The third-order valence-electron chi connectivity index (χ3n) is 2.15. The molecule has 0 aromatic rings. The molecule has 0 bridgehead atoms. The van der Waals surface area contributed by atoms with Crippen molar-refractivity contribution in [3.8, 4) is 6.19 Å². The topological polar surface area (TPSA) is 36.3 Å². The maximum Gasteiger partial charge on any atom is 0.181 e. The molecular formula is C7H12N2O. The Bertz CT molecular complexity index is 163. The van der Waals surface area contributed by atoms with E-state index in [0.29, 0.717) is 0 Å². The van der Waals surface area contributed by atoms with E-state index in [2.05, 4.69) is 6.19 Å². The lowest BCUT2D eigenvalue weighted by molar-refractivity contribution is -0.0709. The van der Waals surface area contributed by atoms with Gasteiger partial charge in [-0.1, -0.05) is 0 Å². The largest absolute Gasteiger partial charge is 0.359 e. The standard InChI is InChI=1S/C7H12N2O/c1-7(10-2)4-3-5-9(7)6-8/h3-5H2,1-2H3. The molecule has 0 aromatic carbocycles. The molecule has 0 spiro atoms. The highest BCUT2D eigenvalue weighted by Gasteiger charge is 2.35. The highest BCUT2D eigenvalue weighted by Crippen LogP contribution is 2.27. The lowest BCUT2D eigenvalue weighted by Crippen LogP contribution is -2.39. The Morgan fingerprint density at radius 2 is 2.40 bits per heavy atom. The Balaban J connectivity index is 2.67. The van der Waals surface area contributed by atoms with Crippen molar-refractivity contribution in [3.05, 3.63) is 0 Å². The van der Waals surface area contributed by atoms with Crippen LogP contribution in [0.25, 0.3) is 0 Å². The van der Waals surface area contributed by atoms with Crippen LogP contribution in [0.5, 0.6) is 0 Å². The van der Waals surface area contributed by atoms with Crippen LogP contribution < -0.4 is 0 Å². The van der Waals surface area contributed by atoms with Gasteiger partial charge in [-0.25, -0.2) is 0 Å². The van der Waals surface area contributed by atoms with Crippen LogP contribution in [0.3, 0.4) is 0 Å². The predicted octanol–water partition coefficient (Wildman–Crippen LogP) is 0.926. The van der Waals surface area contributed by atoms with Crippen LogP contribution in [0.4, 0.5) is 0 Å². The molecule has 0 amide bonds. The number of hydrogen-bond acceptors (Lipinski definition) is 3. The van der Waals surface area contributed by atoms with Crippen LogP contribution >= 0.6 is 0 Å². The molecule has 1 aliphatic rings. The van der Waals surface area contributed by atoms with E-state index in [-0.39, 0.29) is 5.72 Å². The van der Waals surface area contributed by atoms with E-state index in [1.807, 2.05) is 6.92 Å². The summed E-state index contributed by atoms with van der Waals surface area (Å²) in [5, 5.41) is 8.63. The Morgan fingerprint density at radius 3 is 2.80 bits per heavy atom. The van der Waals surface area contributed by atoms with E-state index in [0.717, 1.165) is 19.4 Å². The zero-order chi connectivity index (χ0) is 7.61. The van der Waals surface area contributed by atoms with E-state index in [1.165, 1.54) is 0 Å². The monoisotopic (exact) mass is 140 g/mol. The predicted molar refractivity (Wildman–Crippen MR) is 37.0 cm³/mol. The van der Waals surface area contributed by atoms with Gasteiger partial charge in [-0.3, -0.25) is 4.90 Å². The van der Waals surface area contributed by atoms with Gasteiger partial charge in [0.05, 0.1) is 0 Å². The van der Waals surface area contributed by atoms with Crippen molar-refractivity contribution >= 4 is 0 Å². The number of nitrogens with zero attached hydrogens (tertiary/aromatic N) is 2. The molecule has 1 aliphatic heterocycles. The van der Waals surface area contributed by atoms with Crippen molar-refractivity contribution in [2.45, 2.75) is 25.5 Å². The number of hydrogen-bond donors (Lipinski definition) is 0. The maximum atomic E-state index is 8.63. The molecule has 1 fully saturated rings. The van der Waals surface area contributed by atoms with Crippen LogP contribution in [-0.4, -0.2) is 24.3 Å². The fourth-order valence-corrected chi connectivity index (χ4v) is 1.30. The number of ether oxygens (including phenoxy) is 1. The molecule has 1 saturated heterocycles. The van der Waals surface area contributed by atoms with Crippen molar-refractivity contribution in [1.29, 1.82) is 5.26 Å². The average molecular weight is 140 g/mol. The minimum atomic E-state index is -0.325. The first kappa shape index (κ1) is 7.36. The van der Waals surface area contributed by atoms with Gasteiger partial charge in [-0.2, -0.15) is 5.26 Å². The Morgan fingerprint density at radius 1 is 1.70 bits per heavy atom. The van der Waals surface area contributed by atoms with E-state index in [1.54, 1.807) is 12.0 Å². The first-order chi connectivity index (χ1) is 4.73. The fraction of sp³-hybridized carbons (Fsp3) is 0.857. The van der Waals surface area contributed by atoms with Gasteiger partial charge in [0.15, 0.2) is 6.19 Å². The van der Waals surface area contributed by atoms with Crippen LogP contribution in [0.1, 0.15) is 19.8 Å². The molecule has 0 aromatic heterocycles. The average Bonchev–Trinajstić information content (AvgIpc) is 2.32. The van der Waals surface area contributed by atoms with E-state index >= 15 is 0 Å². The van der Waals surface area contributed by atoms with Gasteiger partial charge < -0.3 is 4.74 Å². The Kier molecular flexibility index (Phi) is 1.82. The van der Waals surface area contributed by atoms with Gasteiger partial charge in [0, 0.05) is 13.7 Å². The lowest BCUT2D eigenvalue weighted by atomic mass is 10.2. The van der Waals surface area contributed by atoms with Gasteiger partial charge in [0.2, 0.25) is 0 Å². The number of rotatable bonds is 1. The summed E-state index contributed by atoms with van der Waals surface area (Å²) in [6.45, 7) is 2.78. The second-order valence-corrected chi connectivity index (χ2v) is 2.73. The maximum absolute atomic E-state index is 8.63. The van der Waals surface area contributed by atoms with Crippen molar-refractivity contribution in [3.63, 3.8) is 0 Å². The molecule has 0 radical (unpaired) electrons. The third-order valence-corrected chi connectivity index (χ3v) is 2.15. The highest BCUT2D eigenvalue weighted by molar-refractivity contribution is 4.91. The first-order valence-corrected chi connectivity index (χ1v) is 3.45. The lowest BCUT2D eigenvalue weighted by Gasteiger charge is -2.28. The van der Waals surface area contributed by atoms with E-state index in [4.69, 9.17) is 10.00 Å². The fourth-order valence-electron chi connectivity index (χ4n) is 1.30. The molecule has 1 unspecified atom stereocenters. The Hall–Kier alpha value is -0.750. The summed E-state index contributed by atoms with van der Waals surface area (Å²) in [5.41, 5.74) is -0.325. The van der Waals surface area contributed by atoms with Crippen molar-refractivity contribution < 1.29 is 4.74 Å². The van der Waals surface area contributed by atoms with Gasteiger partial charge in [-0.05, 0) is 19.8 Å². The van der Waals surface area contributed by atoms with Crippen LogP contribution in [0.15, 0.2) is 0 Å². The molecule has 56 valence electrons. The first-order valence-electron chi connectivity index (χ1n) is 3.45. The van der Waals surface area contributed by atoms with Crippen LogP contribution in [0, 0.1) is 11.5 Å². The molecule has 10 heavy (non-hydrogen) atoms. The zero-order valence-corrected chi connectivity index (χ0v) is 6.42. The second kappa shape index (κ2) is 2.47. The Labute approximate surface area is 61.2 Å². The van der Waals surface area contributed by atoms with Crippen molar-refractivity contribution in [2.24, 2.45) is 0 Å². The van der Waals surface area contributed by atoms with Gasteiger partial charge in [0.25, 0.3) is 0 Å². The summed E-state index contributed by atoms with van der Waals surface area (Å²) >= 11 is 0. The quantitative estimate of drug-likeness (QED) is 0.508. The summed E-state index contributed by atoms with van der Waals surface area (Å²) in [4.78, 5) is 1.69. The summed E-state index contributed by atoms with van der Waals surface area (Å²) in [6, 6.07) is 0. The number of nitriles is 1. The smallest absolute Gasteiger partial charge is 0.181 e. The minimum absolute atomic E-state index is 0.325.